The van der Waals surface area contributed by atoms with Gasteiger partial charge in [0, 0.05) is 5.92 Å². The molecule has 16 heavy (non-hydrogen) atoms. The molecule has 1 nitrogen and oxygen atoms in total. The maximum atomic E-state index is 11.7. The van der Waals surface area contributed by atoms with Crippen molar-refractivity contribution < 1.29 is 4.79 Å². The monoisotopic (exact) mass is 224 g/mol. The average molecular weight is 224 g/mol. The third-order valence-corrected chi connectivity index (χ3v) is 4.34. The molecular formula is C15H28O. The van der Waals surface area contributed by atoms with Gasteiger partial charge in [-0.05, 0) is 50.4 Å². The molecule has 1 rings (SSSR count). The van der Waals surface area contributed by atoms with Gasteiger partial charge in [0.25, 0.3) is 0 Å². The average Bonchev–Trinajstić information content (AvgIpc) is 2.20. The van der Waals surface area contributed by atoms with Gasteiger partial charge >= 0.3 is 0 Å². The van der Waals surface area contributed by atoms with E-state index >= 15 is 0 Å². The predicted molar refractivity (Wildman–Crippen MR) is 69.4 cm³/mol. The standard InChI is InChI=1S/C15H28O/c1-5-6-7-14(12(2)16)13-8-10-15(3,4)11-9-13/h13-14H,5-11H2,1-4H3. The third kappa shape index (κ3) is 3.92. The fraction of sp³-hybridized carbons (Fsp3) is 0.933. The Hall–Kier alpha value is -0.330. The van der Waals surface area contributed by atoms with E-state index in [1.54, 1.807) is 6.92 Å². The molecule has 1 fully saturated rings. The lowest BCUT2D eigenvalue weighted by Crippen LogP contribution is -2.29. The fourth-order valence-electron chi connectivity index (χ4n) is 3.02. The van der Waals surface area contributed by atoms with Crippen molar-refractivity contribution in [2.75, 3.05) is 0 Å². The molecular weight excluding hydrogens is 196 g/mol. The normalized spacial score (nSPS) is 23.0. The number of hydrogen-bond donors (Lipinski definition) is 0. The minimum atomic E-state index is 0.357. The van der Waals surface area contributed by atoms with Crippen molar-refractivity contribution in [3.05, 3.63) is 0 Å². The van der Waals surface area contributed by atoms with E-state index in [9.17, 15) is 4.79 Å². The highest BCUT2D eigenvalue weighted by Gasteiger charge is 2.32. The number of hydrogen-bond acceptors (Lipinski definition) is 1. The second-order valence-corrected chi connectivity index (χ2v) is 6.36. The lowest BCUT2D eigenvalue weighted by atomic mass is 9.68. The van der Waals surface area contributed by atoms with Crippen LogP contribution in [0.2, 0.25) is 0 Å². The van der Waals surface area contributed by atoms with E-state index in [-0.39, 0.29) is 0 Å². The SMILES string of the molecule is CCCCC(C(C)=O)C1CCC(C)(C)CC1. The van der Waals surface area contributed by atoms with E-state index in [4.69, 9.17) is 0 Å². The number of ketones is 1. The molecule has 0 aromatic rings. The van der Waals surface area contributed by atoms with E-state index < -0.39 is 0 Å². The van der Waals surface area contributed by atoms with Crippen LogP contribution in [0.5, 0.6) is 0 Å². The summed E-state index contributed by atoms with van der Waals surface area (Å²) in [5.41, 5.74) is 0.516. The highest BCUT2D eigenvalue weighted by atomic mass is 16.1. The molecule has 0 radical (unpaired) electrons. The van der Waals surface area contributed by atoms with Crippen LogP contribution in [0.25, 0.3) is 0 Å². The van der Waals surface area contributed by atoms with Gasteiger partial charge in [-0.25, -0.2) is 0 Å². The highest BCUT2D eigenvalue weighted by Crippen LogP contribution is 2.42. The summed E-state index contributed by atoms with van der Waals surface area (Å²) in [5.74, 6) is 1.46. The molecule has 0 heterocycles. The lowest BCUT2D eigenvalue weighted by molar-refractivity contribution is -0.123. The van der Waals surface area contributed by atoms with Crippen LogP contribution in [0.1, 0.15) is 72.6 Å². The van der Waals surface area contributed by atoms with E-state index in [1.807, 2.05) is 0 Å². The Bertz CT molecular complexity index is 220. The molecule has 1 unspecified atom stereocenters. The van der Waals surface area contributed by atoms with E-state index in [2.05, 4.69) is 20.8 Å². The molecule has 94 valence electrons. The Morgan fingerprint density at radius 3 is 2.31 bits per heavy atom. The van der Waals surface area contributed by atoms with Gasteiger partial charge in [-0.2, -0.15) is 0 Å². The maximum absolute atomic E-state index is 11.7. The fourth-order valence-corrected chi connectivity index (χ4v) is 3.02. The summed E-state index contributed by atoms with van der Waals surface area (Å²) in [6, 6.07) is 0. The van der Waals surface area contributed by atoms with Crippen LogP contribution in [0, 0.1) is 17.3 Å². The van der Waals surface area contributed by atoms with E-state index in [1.165, 1.54) is 38.5 Å². The molecule has 0 amide bonds. The Morgan fingerprint density at radius 1 is 1.31 bits per heavy atom. The Balaban J connectivity index is 2.50. The zero-order valence-electron chi connectivity index (χ0n) is 11.5. The van der Waals surface area contributed by atoms with Crippen molar-refractivity contribution in [2.45, 2.75) is 72.6 Å². The molecule has 1 saturated carbocycles. The maximum Gasteiger partial charge on any atom is 0.133 e. The number of rotatable bonds is 5. The molecule has 0 bridgehead atoms. The summed E-state index contributed by atoms with van der Waals surface area (Å²) >= 11 is 0. The summed E-state index contributed by atoms with van der Waals surface area (Å²) in [7, 11) is 0. The van der Waals surface area contributed by atoms with Crippen LogP contribution >= 0.6 is 0 Å². The molecule has 1 aliphatic rings. The molecule has 0 aliphatic heterocycles. The van der Waals surface area contributed by atoms with Crippen LogP contribution in [0.15, 0.2) is 0 Å². The topological polar surface area (TPSA) is 17.1 Å². The van der Waals surface area contributed by atoms with Crippen LogP contribution in [0.4, 0.5) is 0 Å². The number of carbonyl (C=O) groups excluding carboxylic acids is 1. The summed E-state index contributed by atoms with van der Waals surface area (Å²) in [6.45, 7) is 8.72. The molecule has 1 aliphatic carbocycles. The minimum Gasteiger partial charge on any atom is -0.300 e. The number of Topliss-reactive ketones (excluding diaryl/α,β-unsaturated/α-hetero) is 1. The van der Waals surface area contributed by atoms with Crippen LogP contribution in [-0.4, -0.2) is 5.78 Å². The molecule has 0 aromatic heterocycles. The van der Waals surface area contributed by atoms with Gasteiger partial charge in [0.05, 0.1) is 0 Å². The van der Waals surface area contributed by atoms with E-state index in [0.717, 1.165) is 6.42 Å². The zero-order chi connectivity index (χ0) is 12.2. The summed E-state index contributed by atoms with van der Waals surface area (Å²) in [4.78, 5) is 11.7. The smallest absolute Gasteiger partial charge is 0.133 e. The predicted octanol–water partition coefficient (Wildman–Crippen LogP) is 4.60. The van der Waals surface area contributed by atoms with Crippen LogP contribution in [0.3, 0.4) is 0 Å². The summed E-state index contributed by atoms with van der Waals surface area (Å²) in [6.07, 6.45) is 8.67. The van der Waals surface area contributed by atoms with Crippen molar-refractivity contribution in [3.63, 3.8) is 0 Å². The van der Waals surface area contributed by atoms with Crippen molar-refractivity contribution in [1.82, 2.24) is 0 Å². The second-order valence-electron chi connectivity index (χ2n) is 6.36. The molecule has 0 N–H and O–H groups in total. The van der Waals surface area contributed by atoms with Crippen molar-refractivity contribution in [2.24, 2.45) is 17.3 Å². The summed E-state index contributed by atoms with van der Waals surface area (Å²) < 4.78 is 0. The molecule has 0 aromatic carbocycles. The first-order chi connectivity index (χ1) is 7.46. The first-order valence-corrected chi connectivity index (χ1v) is 6.97. The quantitative estimate of drug-likeness (QED) is 0.667. The van der Waals surface area contributed by atoms with Crippen LogP contribution in [-0.2, 0) is 4.79 Å². The molecule has 0 spiro atoms. The first-order valence-electron chi connectivity index (χ1n) is 6.97. The van der Waals surface area contributed by atoms with Gasteiger partial charge in [0.1, 0.15) is 5.78 Å². The zero-order valence-corrected chi connectivity index (χ0v) is 11.5. The molecule has 1 atom stereocenters. The van der Waals surface area contributed by atoms with Gasteiger partial charge in [-0.1, -0.05) is 33.6 Å². The first kappa shape index (κ1) is 13.7. The second kappa shape index (κ2) is 5.84. The molecule has 0 saturated heterocycles. The van der Waals surface area contributed by atoms with Crippen molar-refractivity contribution in [1.29, 1.82) is 0 Å². The van der Waals surface area contributed by atoms with Gasteiger partial charge in [-0.3, -0.25) is 4.79 Å². The Morgan fingerprint density at radius 2 is 1.88 bits per heavy atom. The Kier molecular flexibility index (Phi) is 5.01. The van der Waals surface area contributed by atoms with Crippen molar-refractivity contribution in [3.8, 4) is 0 Å². The Labute approximate surface area is 101 Å². The van der Waals surface area contributed by atoms with Crippen LogP contribution < -0.4 is 0 Å². The third-order valence-electron chi connectivity index (χ3n) is 4.34. The van der Waals surface area contributed by atoms with Gasteiger partial charge < -0.3 is 0 Å². The molecule has 1 heteroatoms. The lowest BCUT2D eigenvalue weighted by Gasteiger charge is -2.37. The summed E-state index contributed by atoms with van der Waals surface area (Å²) in [5, 5.41) is 0. The van der Waals surface area contributed by atoms with Gasteiger partial charge in [0.2, 0.25) is 0 Å². The minimum absolute atomic E-state index is 0.357. The number of unbranched alkanes of at least 4 members (excludes halogenated alkanes) is 1. The van der Waals surface area contributed by atoms with Gasteiger partial charge in [-0.15, -0.1) is 0 Å². The largest absolute Gasteiger partial charge is 0.300 e. The van der Waals surface area contributed by atoms with Gasteiger partial charge in [0.15, 0.2) is 0 Å². The highest BCUT2D eigenvalue weighted by molar-refractivity contribution is 5.78. The number of carbonyl (C=O) groups is 1. The van der Waals surface area contributed by atoms with Crippen molar-refractivity contribution >= 4 is 5.78 Å². The van der Waals surface area contributed by atoms with E-state index in [0.29, 0.717) is 23.0 Å².